The van der Waals surface area contributed by atoms with Crippen molar-refractivity contribution in [3.05, 3.63) is 30.1 Å². The second kappa shape index (κ2) is 6.12. The van der Waals surface area contributed by atoms with E-state index in [1.165, 1.54) is 24.9 Å². The van der Waals surface area contributed by atoms with Gasteiger partial charge < -0.3 is 5.32 Å². The average molecular weight is 233 g/mol. The summed E-state index contributed by atoms with van der Waals surface area (Å²) < 4.78 is 0. The monoisotopic (exact) mass is 233 g/mol. The third kappa shape index (κ3) is 3.05. The SMILES string of the molecule is CCCNCC1CCN(C)C1c1ccncc1. The smallest absolute Gasteiger partial charge is 0.0386 e. The Morgan fingerprint density at radius 2 is 2.18 bits per heavy atom. The summed E-state index contributed by atoms with van der Waals surface area (Å²) in [5, 5.41) is 3.56. The molecule has 3 nitrogen and oxygen atoms in total. The molecule has 2 atom stereocenters. The predicted molar refractivity (Wildman–Crippen MR) is 70.9 cm³/mol. The molecule has 0 aromatic carbocycles. The summed E-state index contributed by atoms with van der Waals surface area (Å²) in [6.45, 7) is 5.67. The maximum absolute atomic E-state index is 4.11. The molecule has 1 aliphatic heterocycles. The van der Waals surface area contributed by atoms with Crippen LogP contribution in [0.4, 0.5) is 0 Å². The van der Waals surface area contributed by atoms with Crippen molar-refractivity contribution in [3.8, 4) is 0 Å². The van der Waals surface area contributed by atoms with Crippen molar-refractivity contribution >= 4 is 0 Å². The molecule has 1 aromatic rings. The van der Waals surface area contributed by atoms with E-state index in [0.717, 1.165) is 19.0 Å². The van der Waals surface area contributed by atoms with Crippen LogP contribution < -0.4 is 5.32 Å². The van der Waals surface area contributed by atoms with E-state index in [1.54, 1.807) is 0 Å². The zero-order chi connectivity index (χ0) is 12.1. The summed E-state index contributed by atoms with van der Waals surface area (Å²) in [7, 11) is 2.23. The number of nitrogens with zero attached hydrogens (tertiary/aromatic N) is 2. The Balaban J connectivity index is 2.01. The van der Waals surface area contributed by atoms with Gasteiger partial charge in [-0.3, -0.25) is 9.88 Å². The molecule has 0 aliphatic carbocycles. The highest BCUT2D eigenvalue weighted by Crippen LogP contribution is 2.35. The molecule has 0 bridgehead atoms. The van der Waals surface area contributed by atoms with Crippen LogP contribution in [0.2, 0.25) is 0 Å². The van der Waals surface area contributed by atoms with Gasteiger partial charge in [0.1, 0.15) is 0 Å². The van der Waals surface area contributed by atoms with Crippen LogP contribution in [-0.2, 0) is 0 Å². The van der Waals surface area contributed by atoms with Crippen LogP contribution in [0.15, 0.2) is 24.5 Å². The first-order chi connectivity index (χ1) is 8.33. The molecule has 0 radical (unpaired) electrons. The fourth-order valence-corrected chi connectivity index (χ4v) is 2.79. The molecule has 2 rings (SSSR count). The molecule has 1 N–H and O–H groups in total. The highest BCUT2D eigenvalue weighted by molar-refractivity contribution is 5.17. The summed E-state index contributed by atoms with van der Waals surface area (Å²) in [6, 6.07) is 4.86. The number of hydrogen-bond donors (Lipinski definition) is 1. The molecule has 1 aliphatic rings. The Bertz CT molecular complexity index is 325. The minimum absolute atomic E-state index is 0.558. The summed E-state index contributed by atoms with van der Waals surface area (Å²) in [4.78, 5) is 6.57. The third-order valence-corrected chi connectivity index (χ3v) is 3.65. The fraction of sp³-hybridized carbons (Fsp3) is 0.643. The second-order valence-electron chi connectivity index (χ2n) is 4.96. The van der Waals surface area contributed by atoms with Crippen molar-refractivity contribution in [1.82, 2.24) is 15.2 Å². The fourth-order valence-electron chi connectivity index (χ4n) is 2.79. The van der Waals surface area contributed by atoms with Gasteiger partial charge in [-0.25, -0.2) is 0 Å². The second-order valence-corrected chi connectivity index (χ2v) is 4.96. The predicted octanol–water partition coefficient (Wildman–Crippen LogP) is 2.07. The van der Waals surface area contributed by atoms with Crippen LogP contribution in [0, 0.1) is 5.92 Å². The lowest BCUT2D eigenvalue weighted by molar-refractivity contribution is 0.272. The first-order valence-electron chi connectivity index (χ1n) is 6.63. The Labute approximate surface area is 104 Å². The molecule has 1 aromatic heterocycles. The first kappa shape index (κ1) is 12.5. The first-order valence-corrected chi connectivity index (χ1v) is 6.63. The van der Waals surface area contributed by atoms with Crippen LogP contribution in [0.5, 0.6) is 0 Å². The van der Waals surface area contributed by atoms with Crippen LogP contribution in [0.1, 0.15) is 31.4 Å². The maximum atomic E-state index is 4.11. The largest absolute Gasteiger partial charge is 0.316 e. The molecular formula is C14H23N3. The summed E-state index contributed by atoms with van der Waals surface area (Å²) in [5.74, 6) is 0.731. The standard InChI is InChI=1S/C14H23N3/c1-3-7-16-11-13-6-10-17(2)14(13)12-4-8-15-9-5-12/h4-5,8-9,13-14,16H,3,6-7,10-11H2,1-2H3. The molecule has 3 heteroatoms. The number of nitrogens with one attached hydrogen (secondary N) is 1. The van der Waals surface area contributed by atoms with Crippen molar-refractivity contribution in [1.29, 1.82) is 0 Å². The van der Waals surface area contributed by atoms with Gasteiger partial charge in [0, 0.05) is 18.4 Å². The highest BCUT2D eigenvalue weighted by atomic mass is 15.2. The van der Waals surface area contributed by atoms with Gasteiger partial charge in [0.25, 0.3) is 0 Å². The topological polar surface area (TPSA) is 28.2 Å². The lowest BCUT2D eigenvalue weighted by Gasteiger charge is -2.25. The Morgan fingerprint density at radius 3 is 2.88 bits per heavy atom. The van der Waals surface area contributed by atoms with Gasteiger partial charge in [-0.15, -0.1) is 0 Å². The van der Waals surface area contributed by atoms with E-state index < -0.39 is 0 Å². The van der Waals surface area contributed by atoms with Crippen molar-refractivity contribution in [3.63, 3.8) is 0 Å². The average Bonchev–Trinajstić information content (AvgIpc) is 2.72. The number of hydrogen-bond acceptors (Lipinski definition) is 3. The van der Waals surface area contributed by atoms with Crippen molar-refractivity contribution < 1.29 is 0 Å². The minimum atomic E-state index is 0.558. The van der Waals surface area contributed by atoms with E-state index >= 15 is 0 Å². The lowest BCUT2D eigenvalue weighted by atomic mass is 9.94. The number of rotatable bonds is 5. The summed E-state index contributed by atoms with van der Waals surface area (Å²) >= 11 is 0. The third-order valence-electron chi connectivity index (χ3n) is 3.65. The molecule has 2 unspecified atom stereocenters. The lowest BCUT2D eigenvalue weighted by Crippen LogP contribution is -2.28. The number of aromatic nitrogens is 1. The molecule has 2 heterocycles. The minimum Gasteiger partial charge on any atom is -0.316 e. The van der Waals surface area contributed by atoms with E-state index in [4.69, 9.17) is 0 Å². The molecule has 1 fully saturated rings. The molecular weight excluding hydrogens is 210 g/mol. The Hall–Kier alpha value is -0.930. The normalized spacial score (nSPS) is 25.3. The van der Waals surface area contributed by atoms with Crippen LogP contribution in [0.25, 0.3) is 0 Å². The molecule has 17 heavy (non-hydrogen) atoms. The van der Waals surface area contributed by atoms with Crippen LogP contribution in [-0.4, -0.2) is 36.6 Å². The summed E-state index contributed by atoms with van der Waals surface area (Å²) in [6.07, 6.45) is 6.30. The number of pyridine rings is 1. The van der Waals surface area contributed by atoms with Gasteiger partial charge in [-0.2, -0.15) is 0 Å². The van der Waals surface area contributed by atoms with Gasteiger partial charge in [-0.1, -0.05) is 6.92 Å². The van der Waals surface area contributed by atoms with Gasteiger partial charge in [0.05, 0.1) is 0 Å². The molecule has 1 saturated heterocycles. The quantitative estimate of drug-likeness (QED) is 0.789. The molecule has 0 saturated carbocycles. The Morgan fingerprint density at radius 1 is 1.41 bits per heavy atom. The van der Waals surface area contributed by atoms with E-state index in [1.807, 2.05) is 12.4 Å². The van der Waals surface area contributed by atoms with E-state index in [0.29, 0.717) is 6.04 Å². The molecule has 0 amide bonds. The number of likely N-dealkylation sites (tertiary alicyclic amines) is 1. The van der Waals surface area contributed by atoms with Crippen LogP contribution in [0.3, 0.4) is 0 Å². The van der Waals surface area contributed by atoms with Gasteiger partial charge in [0.15, 0.2) is 0 Å². The zero-order valence-corrected chi connectivity index (χ0v) is 10.9. The van der Waals surface area contributed by atoms with Crippen LogP contribution >= 0.6 is 0 Å². The van der Waals surface area contributed by atoms with Crippen molar-refractivity contribution in [2.24, 2.45) is 5.92 Å². The van der Waals surface area contributed by atoms with Crippen molar-refractivity contribution in [2.45, 2.75) is 25.8 Å². The Kier molecular flexibility index (Phi) is 4.51. The van der Waals surface area contributed by atoms with Gasteiger partial charge in [0.2, 0.25) is 0 Å². The van der Waals surface area contributed by atoms with E-state index in [-0.39, 0.29) is 0 Å². The van der Waals surface area contributed by atoms with E-state index in [2.05, 4.69) is 41.3 Å². The van der Waals surface area contributed by atoms with Gasteiger partial charge in [-0.05, 0) is 63.1 Å². The van der Waals surface area contributed by atoms with E-state index in [9.17, 15) is 0 Å². The highest BCUT2D eigenvalue weighted by Gasteiger charge is 2.32. The molecule has 94 valence electrons. The summed E-state index contributed by atoms with van der Waals surface area (Å²) in [5.41, 5.74) is 1.41. The zero-order valence-electron chi connectivity index (χ0n) is 10.9. The molecule has 0 spiro atoms. The maximum Gasteiger partial charge on any atom is 0.0386 e. The van der Waals surface area contributed by atoms with Gasteiger partial charge >= 0.3 is 0 Å². The van der Waals surface area contributed by atoms with Crippen molar-refractivity contribution in [2.75, 3.05) is 26.7 Å².